The first-order chi connectivity index (χ1) is 20.3. The van der Waals surface area contributed by atoms with Gasteiger partial charge in [-0.3, -0.25) is 0 Å². The monoisotopic (exact) mass is 557 g/mol. The van der Waals surface area contributed by atoms with Gasteiger partial charge in [-0.05, 0) is 104 Å². The highest BCUT2D eigenvalue weighted by molar-refractivity contribution is 5.81. The van der Waals surface area contributed by atoms with E-state index in [1.807, 2.05) is 0 Å². The molecule has 0 aromatic heterocycles. The van der Waals surface area contributed by atoms with Crippen molar-refractivity contribution < 1.29 is 0 Å². The number of benzene rings is 1. The van der Waals surface area contributed by atoms with E-state index < -0.39 is 0 Å². The predicted octanol–water partition coefficient (Wildman–Crippen LogP) is 11.2. The van der Waals surface area contributed by atoms with Crippen molar-refractivity contribution in [1.29, 1.82) is 0 Å². The van der Waals surface area contributed by atoms with Crippen molar-refractivity contribution in [3.8, 4) is 0 Å². The minimum absolute atomic E-state index is 0.202. The van der Waals surface area contributed by atoms with E-state index in [2.05, 4.69) is 157 Å². The second kappa shape index (κ2) is 14.1. The summed E-state index contributed by atoms with van der Waals surface area (Å²) in [6, 6.07) is 4.71. The molecule has 220 valence electrons. The Balaban J connectivity index is 1.88. The molecule has 4 rings (SSSR count). The first-order valence-electron chi connectivity index (χ1n) is 15.9. The summed E-state index contributed by atoms with van der Waals surface area (Å²) in [6.07, 6.45) is 35.9. The minimum Gasteiger partial charge on any atom is -0.358 e. The van der Waals surface area contributed by atoms with E-state index in [1.165, 1.54) is 44.7 Å². The highest BCUT2D eigenvalue weighted by Crippen LogP contribution is 2.47. The standard InChI is InChI=1S/C41H51N/c1-9-12-14-19-31(5)35-20-15-16-21-38(35)41(11-3,27-13-10-2)42-28-18-17-22-39(42)40-33(7)25-26-36(34(40)8)37-29-30(4)23-24-32(37)6/h9,12-20,22-27,30,38H,5,10-11,21,28-29H2,1-4,6-8H3/b12-9-,19-14-,27-13?. The van der Waals surface area contributed by atoms with E-state index in [1.54, 1.807) is 0 Å². The highest BCUT2D eigenvalue weighted by atomic mass is 15.2. The van der Waals surface area contributed by atoms with Crippen LogP contribution in [0.3, 0.4) is 0 Å². The molecule has 0 saturated heterocycles. The number of hydrogen-bond donors (Lipinski definition) is 0. The molecule has 1 heterocycles. The lowest BCUT2D eigenvalue weighted by Crippen LogP contribution is -2.53. The van der Waals surface area contributed by atoms with Crippen LogP contribution in [-0.2, 0) is 0 Å². The summed E-state index contributed by atoms with van der Waals surface area (Å²) in [4.78, 5) is 2.71. The van der Waals surface area contributed by atoms with Gasteiger partial charge >= 0.3 is 0 Å². The molecule has 0 spiro atoms. The van der Waals surface area contributed by atoms with E-state index in [-0.39, 0.29) is 11.5 Å². The molecule has 0 radical (unpaired) electrons. The Labute approximate surface area is 256 Å². The van der Waals surface area contributed by atoms with Crippen molar-refractivity contribution in [3.05, 3.63) is 143 Å². The van der Waals surface area contributed by atoms with Crippen molar-refractivity contribution in [1.82, 2.24) is 4.90 Å². The van der Waals surface area contributed by atoms with Gasteiger partial charge < -0.3 is 4.90 Å². The van der Waals surface area contributed by atoms with Gasteiger partial charge in [0.25, 0.3) is 0 Å². The van der Waals surface area contributed by atoms with Crippen molar-refractivity contribution >= 4 is 11.3 Å². The summed E-state index contributed by atoms with van der Waals surface area (Å²) in [7, 11) is 0. The molecule has 3 unspecified atom stereocenters. The summed E-state index contributed by atoms with van der Waals surface area (Å²) in [5.41, 5.74) is 11.9. The molecule has 2 aliphatic carbocycles. The number of nitrogens with zero attached hydrogens (tertiary/aromatic N) is 1. The summed E-state index contributed by atoms with van der Waals surface area (Å²) >= 11 is 0. The van der Waals surface area contributed by atoms with Gasteiger partial charge in [-0.15, -0.1) is 0 Å². The molecule has 0 amide bonds. The lowest BCUT2D eigenvalue weighted by molar-refractivity contribution is 0.159. The number of aryl methyl sites for hydroxylation is 1. The van der Waals surface area contributed by atoms with Gasteiger partial charge in [-0.25, -0.2) is 0 Å². The van der Waals surface area contributed by atoms with Crippen LogP contribution in [0.15, 0.2) is 120 Å². The molecule has 3 aliphatic rings. The summed E-state index contributed by atoms with van der Waals surface area (Å²) in [5, 5.41) is 0. The van der Waals surface area contributed by atoms with Crippen LogP contribution in [0.5, 0.6) is 0 Å². The second-order valence-electron chi connectivity index (χ2n) is 12.1. The molecule has 1 aromatic carbocycles. The smallest absolute Gasteiger partial charge is 0.0657 e. The van der Waals surface area contributed by atoms with Crippen LogP contribution in [-0.4, -0.2) is 17.0 Å². The summed E-state index contributed by atoms with van der Waals surface area (Å²) in [6.45, 7) is 21.3. The Kier molecular flexibility index (Phi) is 10.5. The van der Waals surface area contributed by atoms with Crippen molar-refractivity contribution in [2.75, 3.05) is 6.54 Å². The van der Waals surface area contributed by atoms with Gasteiger partial charge in [-0.1, -0.05) is 118 Å². The van der Waals surface area contributed by atoms with Gasteiger partial charge in [0.1, 0.15) is 0 Å². The maximum atomic E-state index is 4.55. The quantitative estimate of drug-likeness (QED) is 0.204. The molecule has 0 N–H and O–H groups in total. The van der Waals surface area contributed by atoms with Crippen LogP contribution in [0.1, 0.15) is 82.6 Å². The van der Waals surface area contributed by atoms with Crippen LogP contribution in [0.2, 0.25) is 0 Å². The fraction of sp³-hybridized carbons (Fsp3) is 0.366. The van der Waals surface area contributed by atoms with Crippen molar-refractivity contribution in [3.63, 3.8) is 0 Å². The van der Waals surface area contributed by atoms with E-state index in [0.29, 0.717) is 5.92 Å². The molecule has 3 atom stereocenters. The highest BCUT2D eigenvalue weighted by Gasteiger charge is 2.44. The normalized spacial score (nSPS) is 22.4. The molecular formula is C41H51N. The molecule has 0 saturated carbocycles. The Morgan fingerprint density at radius 1 is 1.07 bits per heavy atom. The second-order valence-corrected chi connectivity index (χ2v) is 12.1. The first-order valence-corrected chi connectivity index (χ1v) is 15.9. The Hall–Kier alpha value is -3.58. The molecule has 1 heteroatoms. The Morgan fingerprint density at radius 3 is 2.60 bits per heavy atom. The zero-order valence-corrected chi connectivity index (χ0v) is 27.1. The fourth-order valence-electron chi connectivity index (χ4n) is 7.06. The van der Waals surface area contributed by atoms with E-state index in [0.717, 1.165) is 37.8 Å². The zero-order valence-electron chi connectivity index (χ0n) is 27.1. The minimum atomic E-state index is -0.202. The average Bonchev–Trinajstić information content (AvgIpc) is 3.00. The maximum Gasteiger partial charge on any atom is 0.0657 e. The van der Waals surface area contributed by atoms with Crippen LogP contribution < -0.4 is 0 Å². The number of allylic oxidation sites excluding steroid dienone is 15. The number of hydrogen-bond acceptors (Lipinski definition) is 1. The summed E-state index contributed by atoms with van der Waals surface area (Å²) < 4.78 is 0. The summed E-state index contributed by atoms with van der Waals surface area (Å²) in [5.74, 6) is 0.846. The van der Waals surface area contributed by atoms with Crippen LogP contribution >= 0.6 is 0 Å². The topological polar surface area (TPSA) is 3.24 Å². The van der Waals surface area contributed by atoms with Crippen molar-refractivity contribution in [2.45, 2.75) is 79.7 Å². The molecule has 0 bridgehead atoms. The van der Waals surface area contributed by atoms with Gasteiger partial charge in [0.15, 0.2) is 0 Å². The van der Waals surface area contributed by atoms with Crippen LogP contribution in [0.25, 0.3) is 11.3 Å². The molecule has 0 fully saturated rings. The third kappa shape index (κ3) is 6.26. The van der Waals surface area contributed by atoms with Gasteiger partial charge in [0.05, 0.1) is 5.54 Å². The van der Waals surface area contributed by atoms with Gasteiger partial charge in [-0.2, -0.15) is 0 Å². The fourth-order valence-corrected chi connectivity index (χ4v) is 7.06. The average molecular weight is 558 g/mol. The molecule has 42 heavy (non-hydrogen) atoms. The zero-order chi connectivity index (χ0) is 30.3. The van der Waals surface area contributed by atoms with Gasteiger partial charge in [0, 0.05) is 23.7 Å². The van der Waals surface area contributed by atoms with E-state index in [4.69, 9.17) is 0 Å². The maximum absolute atomic E-state index is 4.55. The van der Waals surface area contributed by atoms with Crippen LogP contribution in [0.4, 0.5) is 0 Å². The van der Waals surface area contributed by atoms with E-state index in [9.17, 15) is 0 Å². The lowest BCUT2D eigenvalue weighted by Gasteiger charge is -2.51. The molecule has 1 aliphatic heterocycles. The largest absolute Gasteiger partial charge is 0.358 e. The van der Waals surface area contributed by atoms with Gasteiger partial charge in [0.2, 0.25) is 0 Å². The first kappa shape index (κ1) is 31.4. The predicted molar refractivity (Wildman–Crippen MR) is 186 cm³/mol. The molecular weight excluding hydrogens is 506 g/mol. The SMILES string of the molecule is C=C(/C=C\C=C/C)C1=CC=CCC1C(C=CCC)(CC)N1CC=CC=C1c1c(C)ccc(C2=C(C)C=CC(C)C2)c1C. The van der Waals surface area contributed by atoms with E-state index >= 15 is 0 Å². The Bertz CT molecular complexity index is 1440. The van der Waals surface area contributed by atoms with Crippen LogP contribution in [0, 0.1) is 25.7 Å². The van der Waals surface area contributed by atoms with Crippen molar-refractivity contribution in [2.24, 2.45) is 11.8 Å². The third-order valence-electron chi connectivity index (χ3n) is 9.35. The lowest BCUT2D eigenvalue weighted by atomic mass is 9.69. The number of rotatable bonds is 10. The molecule has 1 aromatic rings. The molecule has 1 nitrogen and oxygen atoms in total. The Morgan fingerprint density at radius 2 is 1.86 bits per heavy atom. The third-order valence-corrected chi connectivity index (χ3v) is 9.35.